The van der Waals surface area contributed by atoms with Gasteiger partial charge in [0.15, 0.2) is 0 Å². The van der Waals surface area contributed by atoms with Crippen molar-refractivity contribution in [1.82, 2.24) is 0 Å². The molecular formula is C24H50O4S. The van der Waals surface area contributed by atoms with Crippen molar-refractivity contribution < 1.29 is 16.8 Å². The average molecular weight is 435 g/mol. The predicted molar refractivity (Wildman–Crippen MR) is 124 cm³/mol. The van der Waals surface area contributed by atoms with Gasteiger partial charge in [0.2, 0.25) is 0 Å². The Morgan fingerprint density at radius 1 is 0.552 bits per heavy atom. The molecule has 0 aliphatic carbocycles. The first kappa shape index (κ1) is 28.9. The van der Waals surface area contributed by atoms with Gasteiger partial charge in [-0.05, 0) is 24.7 Å². The van der Waals surface area contributed by atoms with Crippen LogP contribution in [0.5, 0.6) is 0 Å². The molecule has 0 fully saturated rings. The van der Waals surface area contributed by atoms with Crippen LogP contribution in [0, 0.1) is 11.8 Å². The van der Waals surface area contributed by atoms with Crippen LogP contribution >= 0.6 is 0 Å². The maximum absolute atomic E-state index is 11.9. The van der Waals surface area contributed by atoms with Crippen LogP contribution in [0.3, 0.4) is 0 Å². The van der Waals surface area contributed by atoms with Gasteiger partial charge in [-0.3, -0.25) is 0 Å². The number of hydrogen-bond donors (Lipinski definition) is 0. The van der Waals surface area contributed by atoms with E-state index in [0.717, 1.165) is 25.7 Å². The molecule has 0 N–H and O–H groups in total. The van der Waals surface area contributed by atoms with E-state index in [2.05, 4.69) is 27.7 Å². The summed E-state index contributed by atoms with van der Waals surface area (Å²) in [5, 5.41) is 0. The molecule has 0 aliphatic rings. The Hall–Kier alpha value is -0.130. The Balaban J connectivity index is 3.64. The second kappa shape index (κ2) is 19.8. The molecular weight excluding hydrogens is 384 g/mol. The van der Waals surface area contributed by atoms with Crippen molar-refractivity contribution in [1.29, 1.82) is 0 Å². The summed E-state index contributed by atoms with van der Waals surface area (Å²) >= 11 is 0. The minimum Gasteiger partial charge on any atom is -0.248 e. The van der Waals surface area contributed by atoms with E-state index >= 15 is 0 Å². The van der Waals surface area contributed by atoms with E-state index in [1.807, 2.05) is 0 Å². The fourth-order valence-electron chi connectivity index (χ4n) is 3.57. The zero-order chi connectivity index (χ0) is 21.8. The van der Waals surface area contributed by atoms with Gasteiger partial charge in [-0.1, -0.05) is 118 Å². The van der Waals surface area contributed by atoms with Crippen LogP contribution in [0.25, 0.3) is 0 Å². The summed E-state index contributed by atoms with van der Waals surface area (Å²) in [7, 11) is -3.84. The second-order valence-electron chi connectivity index (χ2n) is 8.95. The summed E-state index contributed by atoms with van der Waals surface area (Å²) in [6, 6.07) is 0. The number of unbranched alkanes of at least 4 members (excludes halogenated alkanes) is 10. The van der Waals surface area contributed by atoms with E-state index in [1.165, 1.54) is 77.0 Å². The van der Waals surface area contributed by atoms with Crippen molar-refractivity contribution in [2.24, 2.45) is 11.8 Å². The van der Waals surface area contributed by atoms with Crippen LogP contribution in [0.15, 0.2) is 0 Å². The molecule has 0 radical (unpaired) electrons. The third kappa shape index (κ3) is 20.9. The molecule has 0 saturated heterocycles. The van der Waals surface area contributed by atoms with E-state index in [4.69, 9.17) is 8.37 Å². The Bertz CT molecular complexity index is 402. The van der Waals surface area contributed by atoms with Gasteiger partial charge in [-0.2, -0.15) is 8.42 Å². The SMILES string of the molecule is CCCCCCCCC(C)CCOS(=O)(=O)OCCC(C)CCCCCCCC. The van der Waals surface area contributed by atoms with Crippen LogP contribution in [0.2, 0.25) is 0 Å². The van der Waals surface area contributed by atoms with Gasteiger partial charge in [0.25, 0.3) is 0 Å². The molecule has 4 nitrogen and oxygen atoms in total. The Kier molecular flexibility index (Phi) is 19.7. The predicted octanol–water partition coefficient (Wildman–Crippen LogP) is 7.82. The molecule has 0 heterocycles. The maximum atomic E-state index is 11.9. The lowest BCUT2D eigenvalue weighted by Crippen LogP contribution is -2.14. The summed E-state index contributed by atoms with van der Waals surface area (Å²) in [5.41, 5.74) is 0. The fourth-order valence-corrected chi connectivity index (χ4v) is 4.24. The molecule has 2 atom stereocenters. The zero-order valence-corrected chi connectivity index (χ0v) is 20.7. The van der Waals surface area contributed by atoms with Gasteiger partial charge in [0.05, 0.1) is 13.2 Å². The molecule has 5 heteroatoms. The fraction of sp³-hybridized carbons (Fsp3) is 1.00. The van der Waals surface area contributed by atoms with Gasteiger partial charge in [-0.15, -0.1) is 0 Å². The van der Waals surface area contributed by atoms with Crippen LogP contribution in [-0.4, -0.2) is 21.6 Å². The first-order valence-electron chi connectivity index (χ1n) is 12.4. The van der Waals surface area contributed by atoms with Crippen molar-refractivity contribution in [2.45, 2.75) is 130 Å². The van der Waals surface area contributed by atoms with E-state index in [1.54, 1.807) is 0 Å². The Labute approximate surface area is 182 Å². The van der Waals surface area contributed by atoms with Gasteiger partial charge < -0.3 is 0 Å². The minimum absolute atomic E-state index is 0.229. The standard InChI is InChI=1S/C24H50O4S/c1-5-7-9-11-13-15-17-23(3)19-21-27-29(25,26)28-22-20-24(4)18-16-14-12-10-8-6-2/h23-24H,5-22H2,1-4H3. The van der Waals surface area contributed by atoms with E-state index in [0.29, 0.717) is 11.8 Å². The first-order valence-corrected chi connectivity index (χ1v) is 13.8. The van der Waals surface area contributed by atoms with Crippen LogP contribution in [0.4, 0.5) is 0 Å². The molecule has 0 bridgehead atoms. The lowest BCUT2D eigenvalue weighted by Gasteiger charge is -2.13. The molecule has 29 heavy (non-hydrogen) atoms. The largest absolute Gasteiger partial charge is 0.399 e. The average Bonchev–Trinajstić information content (AvgIpc) is 2.67. The highest BCUT2D eigenvalue weighted by Gasteiger charge is 2.14. The molecule has 0 saturated carbocycles. The molecule has 0 aromatic rings. The van der Waals surface area contributed by atoms with Gasteiger partial charge >= 0.3 is 10.4 Å². The topological polar surface area (TPSA) is 52.6 Å². The molecule has 0 amide bonds. The monoisotopic (exact) mass is 434 g/mol. The van der Waals surface area contributed by atoms with E-state index in [9.17, 15) is 8.42 Å². The van der Waals surface area contributed by atoms with E-state index in [-0.39, 0.29) is 13.2 Å². The summed E-state index contributed by atoms with van der Waals surface area (Å²) in [5.74, 6) is 0.988. The molecule has 0 rings (SSSR count). The third-order valence-electron chi connectivity index (χ3n) is 5.78. The first-order chi connectivity index (χ1) is 13.9. The summed E-state index contributed by atoms with van der Waals surface area (Å²) < 4.78 is 33.8. The van der Waals surface area contributed by atoms with Crippen LogP contribution in [0.1, 0.15) is 130 Å². The smallest absolute Gasteiger partial charge is 0.248 e. The van der Waals surface area contributed by atoms with Crippen molar-refractivity contribution in [3.63, 3.8) is 0 Å². The van der Waals surface area contributed by atoms with Gasteiger partial charge in [0.1, 0.15) is 0 Å². The Morgan fingerprint density at radius 3 is 1.28 bits per heavy atom. The number of hydrogen-bond acceptors (Lipinski definition) is 4. The highest BCUT2D eigenvalue weighted by atomic mass is 32.3. The van der Waals surface area contributed by atoms with Crippen molar-refractivity contribution in [3.05, 3.63) is 0 Å². The molecule has 0 aliphatic heterocycles. The van der Waals surface area contributed by atoms with Crippen molar-refractivity contribution in [2.75, 3.05) is 13.2 Å². The van der Waals surface area contributed by atoms with Crippen molar-refractivity contribution >= 4 is 10.4 Å². The molecule has 0 aromatic carbocycles. The molecule has 0 spiro atoms. The summed E-state index contributed by atoms with van der Waals surface area (Å²) in [6.45, 7) is 9.27. The minimum atomic E-state index is -3.84. The lowest BCUT2D eigenvalue weighted by atomic mass is 9.99. The highest BCUT2D eigenvalue weighted by Crippen LogP contribution is 2.17. The van der Waals surface area contributed by atoms with Gasteiger partial charge in [-0.25, -0.2) is 8.37 Å². The summed E-state index contributed by atoms with van der Waals surface area (Å²) in [6.07, 6.45) is 19.4. The Morgan fingerprint density at radius 2 is 0.897 bits per heavy atom. The quantitative estimate of drug-likeness (QED) is 0.163. The molecule has 0 aromatic heterocycles. The second-order valence-corrected chi connectivity index (χ2v) is 10.2. The zero-order valence-electron chi connectivity index (χ0n) is 19.9. The normalized spacial score (nSPS) is 14.2. The molecule has 2 unspecified atom stereocenters. The molecule has 176 valence electrons. The van der Waals surface area contributed by atoms with Gasteiger partial charge in [0, 0.05) is 0 Å². The summed E-state index contributed by atoms with van der Waals surface area (Å²) in [4.78, 5) is 0. The van der Waals surface area contributed by atoms with Crippen LogP contribution < -0.4 is 0 Å². The number of rotatable bonds is 22. The maximum Gasteiger partial charge on any atom is 0.399 e. The lowest BCUT2D eigenvalue weighted by molar-refractivity contribution is 0.193. The van der Waals surface area contributed by atoms with Crippen molar-refractivity contribution in [3.8, 4) is 0 Å². The van der Waals surface area contributed by atoms with E-state index < -0.39 is 10.4 Å². The highest BCUT2D eigenvalue weighted by molar-refractivity contribution is 7.81. The van der Waals surface area contributed by atoms with Crippen LogP contribution in [-0.2, 0) is 18.8 Å². The third-order valence-corrected chi connectivity index (χ3v) is 6.69.